The average molecular weight is 552 g/mol. The molecule has 0 spiro atoms. The van der Waals surface area contributed by atoms with Gasteiger partial charge in [0.1, 0.15) is 17.3 Å². The normalized spacial score (nSPS) is 11.0. The molecule has 3 N–H and O–H groups in total. The number of carbonyl (C=O) groups excluding carboxylic acids is 1. The van der Waals surface area contributed by atoms with Gasteiger partial charge in [-0.15, -0.1) is 0 Å². The van der Waals surface area contributed by atoms with Crippen LogP contribution in [0.2, 0.25) is 0 Å². The number of aromatic nitrogens is 5. The van der Waals surface area contributed by atoms with Crippen LogP contribution >= 0.6 is 0 Å². The van der Waals surface area contributed by atoms with Gasteiger partial charge >= 0.3 is 6.03 Å². The molecule has 0 atom stereocenters. The van der Waals surface area contributed by atoms with E-state index in [1.807, 2.05) is 13.8 Å². The highest BCUT2D eigenvalue weighted by atomic mass is 19.1. The summed E-state index contributed by atoms with van der Waals surface area (Å²) in [7, 11) is 3.28. The van der Waals surface area contributed by atoms with E-state index >= 15 is 0 Å². The Labute approximate surface area is 234 Å². The molecule has 206 valence electrons. The summed E-state index contributed by atoms with van der Waals surface area (Å²) < 4.78 is 17.8. The van der Waals surface area contributed by atoms with E-state index in [-0.39, 0.29) is 17.2 Å². The quantitative estimate of drug-likeness (QED) is 0.269. The smallest absolute Gasteiger partial charge is 0.324 e. The van der Waals surface area contributed by atoms with Gasteiger partial charge in [0.2, 0.25) is 5.95 Å². The minimum atomic E-state index is -0.703. The van der Waals surface area contributed by atoms with Crippen LogP contribution in [0.1, 0.15) is 31.0 Å². The Hall–Kier alpha value is -5.57. The Kier molecular flexibility index (Phi) is 7.18. The Morgan fingerprint density at radius 1 is 1.07 bits per heavy atom. The standard InChI is InChI=1S/C29H26FN9O2/c1-16(2)23-13-25(39(37-23)20-8-5-17(14-31)6-9-20)35-29(41)34-24-12-18(7-10-22(24)30)21-11-19-15-33-28(32-3)36-26(19)38(4)27(21)40/h5-13,15-16H,1-4H3,(H,32,33,36)(H2,34,35,41). The Balaban J connectivity index is 1.45. The summed E-state index contributed by atoms with van der Waals surface area (Å²) in [5, 5.41) is 22.4. The van der Waals surface area contributed by atoms with E-state index < -0.39 is 11.8 Å². The number of hydrogen-bond donors (Lipinski definition) is 3. The van der Waals surface area contributed by atoms with Gasteiger partial charge in [-0.3, -0.25) is 14.7 Å². The van der Waals surface area contributed by atoms with Gasteiger partial charge in [0.05, 0.1) is 28.7 Å². The van der Waals surface area contributed by atoms with Crippen LogP contribution in [0, 0.1) is 17.1 Å². The van der Waals surface area contributed by atoms with Crippen LogP contribution in [0.15, 0.2) is 65.6 Å². The van der Waals surface area contributed by atoms with E-state index in [1.54, 1.807) is 61.4 Å². The second kappa shape index (κ2) is 10.9. The highest BCUT2D eigenvalue weighted by molar-refractivity contribution is 6.00. The van der Waals surface area contributed by atoms with Crippen molar-refractivity contribution in [1.29, 1.82) is 5.26 Å². The third kappa shape index (κ3) is 5.33. The summed E-state index contributed by atoms with van der Waals surface area (Å²) in [5.41, 5.74) is 2.55. The Morgan fingerprint density at radius 2 is 1.83 bits per heavy atom. The molecule has 5 rings (SSSR count). The van der Waals surface area contributed by atoms with Crippen molar-refractivity contribution < 1.29 is 9.18 Å². The van der Waals surface area contributed by atoms with E-state index in [0.29, 0.717) is 45.2 Å². The zero-order valence-corrected chi connectivity index (χ0v) is 22.7. The molecule has 0 aliphatic heterocycles. The molecule has 2 amide bonds. The number of benzene rings is 2. The van der Waals surface area contributed by atoms with Crippen LogP contribution in [-0.2, 0) is 7.05 Å². The zero-order valence-electron chi connectivity index (χ0n) is 22.7. The first-order valence-corrected chi connectivity index (χ1v) is 12.7. The summed E-state index contributed by atoms with van der Waals surface area (Å²) >= 11 is 0. The molecule has 3 aromatic heterocycles. The number of nitrogens with one attached hydrogen (secondary N) is 3. The van der Waals surface area contributed by atoms with Crippen LogP contribution in [0.4, 0.5) is 26.6 Å². The number of rotatable bonds is 6. The largest absolute Gasteiger partial charge is 0.357 e. The number of amides is 2. The van der Waals surface area contributed by atoms with Crippen molar-refractivity contribution in [2.24, 2.45) is 7.05 Å². The van der Waals surface area contributed by atoms with Gasteiger partial charge in [0.15, 0.2) is 0 Å². The maximum absolute atomic E-state index is 14.8. The maximum Gasteiger partial charge on any atom is 0.324 e. The zero-order chi connectivity index (χ0) is 29.3. The second-order valence-electron chi connectivity index (χ2n) is 9.60. The molecule has 0 aliphatic rings. The number of hydrogen-bond acceptors (Lipinski definition) is 7. The first-order valence-electron chi connectivity index (χ1n) is 12.7. The van der Waals surface area contributed by atoms with E-state index in [9.17, 15) is 14.0 Å². The van der Waals surface area contributed by atoms with Crippen molar-refractivity contribution in [3.05, 3.63) is 88.2 Å². The Morgan fingerprint density at radius 3 is 2.51 bits per heavy atom. The molecule has 0 bridgehead atoms. The number of nitriles is 1. The van der Waals surface area contributed by atoms with Crippen LogP contribution < -0.4 is 21.5 Å². The third-order valence-corrected chi connectivity index (χ3v) is 6.50. The van der Waals surface area contributed by atoms with Gasteiger partial charge in [-0.05, 0) is 53.9 Å². The van der Waals surface area contributed by atoms with Gasteiger partial charge < -0.3 is 10.6 Å². The number of fused-ring (bicyclic) bond motifs is 1. The number of nitrogens with zero attached hydrogens (tertiary/aromatic N) is 6. The highest BCUT2D eigenvalue weighted by Gasteiger charge is 2.17. The molecule has 2 aromatic carbocycles. The van der Waals surface area contributed by atoms with Gasteiger partial charge in [-0.2, -0.15) is 15.3 Å². The summed E-state index contributed by atoms with van der Waals surface area (Å²) in [6.07, 6.45) is 1.59. The topological polar surface area (TPSA) is 143 Å². The summed E-state index contributed by atoms with van der Waals surface area (Å²) in [6.45, 7) is 3.94. The lowest BCUT2D eigenvalue weighted by Crippen LogP contribution is -2.22. The number of pyridine rings is 1. The molecule has 11 nitrogen and oxygen atoms in total. The van der Waals surface area contributed by atoms with Gasteiger partial charge in [-0.1, -0.05) is 19.9 Å². The molecule has 0 radical (unpaired) electrons. The first-order chi connectivity index (χ1) is 19.7. The van der Waals surface area contributed by atoms with Crippen LogP contribution in [0.25, 0.3) is 27.8 Å². The molecule has 0 saturated carbocycles. The van der Waals surface area contributed by atoms with Gasteiger partial charge in [-0.25, -0.2) is 18.9 Å². The molecule has 0 unspecified atom stereocenters. The fraction of sp³-hybridized carbons (Fsp3) is 0.172. The second-order valence-corrected chi connectivity index (χ2v) is 9.60. The predicted molar refractivity (Wildman–Crippen MR) is 155 cm³/mol. The van der Waals surface area contributed by atoms with E-state index in [4.69, 9.17) is 5.26 Å². The molecule has 0 fully saturated rings. The molecule has 3 heterocycles. The SMILES string of the molecule is CNc1ncc2cc(-c3ccc(F)c(NC(=O)Nc4cc(C(C)C)nn4-c4ccc(C#N)cc4)c3)c(=O)n(C)c2n1. The van der Waals surface area contributed by atoms with Crippen LogP contribution in [0.5, 0.6) is 0 Å². The van der Waals surface area contributed by atoms with Crippen molar-refractivity contribution in [1.82, 2.24) is 24.3 Å². The van der Waals surface area contributed by atoms with Crippen molar-refractivity contribution in [2.45, 2.75) is 19.8 Å². The predicted octanol–water partition coefficient (Wildman–Crippen LogP) is 5.00. The lowest BCUT2D eigenvalue weighted by atomic mass is 10.1. The first kappa shape index (κ1) is 27.0. The number of halogens is 1. The summed E-state index contributed by atoms with van der Waals surface area (Å²) in [4.78, 5) is 34.8. The highest BCUT2D eigenvalue weighted by Crippen LogP contribution is 2.26. The van der Waals surface area contributed by atoms with E-state index in [1.165, 1.54) is 22.8 Å². The third-order valence-electron chi connectivity index (χ3n) is 6.50. The van der Waals surface area contributed by atoms with Crippen molar-refractivity contribution in [3.8, 4) is 22.9 Å². The monoisotopic (exact) mass is 551 g/mol. The molecule has 0 aliphatic carbocycles. The molecule has 5 aromatic rings. The number of carbonyl (C=O) groups is 1. The molecular weight excluding hydrogens is 525 g/mol. The molecule has 0 saturated heterocycles. The van der Waals surface area contributed by atoms with Crippen LogP contribution in [-0.4, -0.2) is 37.4 Å². The van der Waals surface area contributed by atoms with Crippen molar-refractivity contribution in [2.75, 3.05) is 23.0 Å². The van der Waals surface area contributed by atoms with Gasteiger partial charge in [0, 0.05) is 37.3 Å². The van der Waals surface area contributed by atoms with E-state index in [2.05, 4.69) is 37.1 Å². The minimum absolute atomic E-state index is 0.0761. The van der Waals surface area contributed by atoms with Crippen molar-refractivity contribution >= 4 is 34.5 Å². The lowest BCUT2D eigenvalue weighted by Gasteiger charge is -2.13. The number of anilines is 3. The molecular formula is C29H26FN9O2. The minimum Gasteiger partial charge on any atom is -0.357 e. The number of urea groups is 1. The number of aryl methyl sites for hydroxylation is 1. The fourth-order valence-corrected chi connectivity index (χ4v) is 4.28. The lowest BCUT2D eigenvalue weighted by molar-refractivity contribution is 0.262. The molecule has 41 heavy (non-hydrogen) atoms. The van der Waals surface area contributed by atoms with Gasteiger partial charge in [0.25, 0.3) is 5.56 Å². The Bertz CT molecular complexity index is 1890. The summed E-state index contributed by atoms with van der Waals surface area (Å²) in [6, 6.07) is 15.5. The average Bonchev–Trinajstić information content (AvgIpc) is 3.40. The molecule has 12 heteroatoms. The maximum atomic E-state index is 14.8. The van der Waals surface area contributed by atoms with E-state index in [0.717, 1.165) is 5.69 Å². The van der Waals surface area contributed by atoms with Crippen LogP contribution in [0.3, 0.4) is 0 Å². The summed E-state index contributed by atoms with van der Waals surface area (Å²) in [5.74, 6) is 0.136. The van der Waals surface area contributed by atoms with Crippen molar-refractivity contribution in [3.63, 3.8) is 0 Å². The fourth-order valence-electron chi connectivity index (χ4n) is 4.28.